The number of aryl methyl sites for hydroxylation is 1. The zero-order valence-electron chi connectivity index (χ0n) is 14.2. The number of hydrogen-bond donors (Lipinski definition) is 1. The summed E-state index contributed by atoms with van der Waals surface area (Å²) in [5.74, 6) is 1.84. The van der Waals surface area contributed by atoms with E-state index in [4.69, 9.17) is 14.2 Å². The number of nitrogens with zero attached hydrogens (tertiary/aromatic N) is 2. The van der Waals surface area contributed by atoms with Gasteiger partial charge in [-0.25, -0.2) is 4.98 Å². The Morgan fingerprint density at radius 3 is 2.96 bits per heavy atom. The molecule has 0 spiro atoms. The van der Waals surface area contributed by atoms with Crippen LogP contribution in [0.25, 0.3) is 10.9 Å². The standard InChI is InChI=1S/C19H18N2O5/c1-12-2-4-16-15(6-12)19(23)21(10-20-16)8-13(22)9-24-14-3-5-17-18(7-14)26-11-25-17/h2-7,10,13,22H,8-9,11H2,1H3/t13-/m0/s1. The van der Waals surface area contributed by atoms with Crippen LogP contribution in [0.3, 0.4) is 0 Å². The van der Waals surface area contributed by atoms with E-state index in [1.165, 1.54) is 10.9 Å². The molecular formula is C19H18N2O5. The van der Waals surface area contributed by atoms with E-state index in [2.05, 4.69) is 4.98 Å². The minimum absolute atomic E-state index is 0.0396. The maximum atomic E-state index is 12.6. The summed E-state index contributed by atoms with van der Waals surface area (Å²) >= 11 is 0. The van der Waals surface area contributed by atoms with Crippen molar-refractivity contribution in [3.63, 3.8) is 0 Å². The first-order valence-electron chi connectivity index (χ1n) is 8.26. The van der Waals surface area contributed by atoms with E-state index in [0.717, 1.165) is 5.56 Å². The average molecular weight is 354 g/mol. The molecular weight excluding hydrogens is 336 g/mol. The van der Waals surface area contributed by atoms with Crippen LogP contribution in [0.1, 0.15) is 5.56 Å². The van der Waals surface area contributed by atoms with E-state index in [1.54, 1.807) is 24.3 Å². The lowest BCUT2D eigenvalue weighted by Gasteiger charge is -2.14. The molecule has 0 saturated heterocycles. The number of aliphatic hydroxyl groups excluding tert-OH is 1. The fourth-order valence-corrected chi connectivity index (χ4v) is 2.84. The van der Waals surface area contributed by atoms with Crippen molar-refractivity contribution in [3.8, 4) is 17.2 Å². The molecule has 1 aliphatic rings. The molecule has 0 aliphatic carbocycles. The lowest BCUT2D eigenvalue weighted by molar-refractivity contribution is 0.0913. The highest BCUT2D eigenvalue weighted by atomic mass is 16.7. The van der Waals surface area contributed by atoms with Gasteiger partial charge in [-0.2, -0.15) is 0 Å². The quantitative estimate of drug-likeness (QED) is 0.753. The lowest BCUT2D eigenvalue weighted by atomic mass is 10.2. The Bertz CT molecular complexity index is 1010. The second kappa shape index (κ2) is 6.68. The molecule has 4 rings (SSSR count). The van der Waals surface area contributed by atoms with Crippen molar-refractivity contribution in [1.29, 1.82) is 0 Å². The molecule has 1 aliphatic heterocycles. The molecule has 1 N–H and O–H groups in total. The summed E-state index contributed by atoms with van der Waals surface area (Å²) in [5, 5.41) is 10.8. The van der Waals surface area contributed by atoms with E-state index < -0.39 is 6.10 Å². The largest absolute Gasteiger partial charge is 0.491 e. The summed E-state index contributed by atoms with van der Waals surface area (Å²) in [4.78, 5) is 16.8. The van der Waals surface area contributed by atoms with Gasteiger partial charge in [0.1, 0.15) is 18.5 Å². The SMILES string of the molecule is Cc1ccc2ncn(C[C@H](O)COc3ccc4c(c3)OCO4)c(=O)c2c1. The Kier molecular flexibility index (Phi) is 4.22. The lowest BCUT2D eigenvalue weighted by Crippen LogP contribution is -2.30. The van der Waals surface area contributed by atoms with E-state index in [9.17, 15) is 9.90 Å². The number of aromatic nitrogens is 2. The van der Waals surface area contributed by atoms with E-state index in [0.29, 0.717) is 28.2 Å². The van der Waals surface area contributed by atoms with E-state index >= 15 is 0 Å². The van der Waals surface area contributed by atoms with Gasteiger partial charge in [0.2, 0.25) is 6.79 Å². The maximum absolute atomic E-state index is 12.6. The minimum Gasteiger partial charge on any atom is -0.491 e. The van der Waals surface area contributed by atoms with Crippen LogP contribution < -0.4 is 19.8 Å². The summed E-state index contributed by atoms with van der Waals surface area (Å²) in [6.45, 7) is 2.25. The summed E-state index contributed by atoms with van der Waals surface area (Å²) in [6.07, 6.45) is 0.589. The van der Waals surface area contributed by atoms with Crippen molar-refractivity contribution in [2.75, 3.05) is 13.4 Å². The first-order valence-corrected chi connectivity index (χ1v) is 8.26. The van der Waals surface area contributed by atoms with Crippen LogP contribution in [0.15, 0.2) is 47.5 Å². The first-order chi connectivity index (χ1) is 12.6. The van der Waals surface area contributed by atoms with Gasteiger partial charge in [-0.15, -0.1) is 0 Å². The Balaban J connectivity index is 1.45. The number of fused-ring (bicyclic) bond motifs is 2. The highest BCUT2D eigenvalue weighted by Gasteiger charge is 2.15. The topological polar surface area (TPSA) is 82.8 Å². The summed E-state index contributed by atoms with van der Waals surface area (Å²) < 4.78 is 17.5. The van der Waals surface area contributed by atoms with Gasteiger partial charge in [-0.1, -0.05) is 11.6 Å². The molecule has 0 bridgehead atoms. The fourth-order valence-electron chi connectivity index (χ4n) is 2.84. The molecule has 0 amide bonds. The molecule has 0 saturated carbocycles. The van der Waals surface area contributed by atoms with Crippen LogP contribution in [-0.4, -0.2) is 34.2 Å². The molecule has 0 fully saturated rings. The maximum Gasteiger partial charge on any atom is 0.261 e. The smallest absolute Gasteiger partial charge is 0.261 e. The molecule has 1 aromatic heterocycles. The Hall–Kier alpha value is -3.06. The van der Waals surface area contributed by atoms with Crippen molar-refractivity contribution < 1.29 is 19.3 Å². The number of benzene rings is 2. The molecule has 134 valence electrons. The zero-order chi connectivity index (χ0) is 18.1. The van der Waals surface area contributed by atoms with Gasteiger partial charge in [0, 0.05) is 6.07 Å². The third-order valence-electron chi connectivity index (χ3n) is 4.17. The molecule has 2 aromatic carbocycles. The van der Waals surface area contributed by atoms with Gasteiger partial charge in [0.25, 0.3) is 5.56 Å². The van der Waals surface area contributed by atoms with Gasteiger partial charge in [0.15, 0.2) is 11.5 Å². The molecule has 26 heavy (non-hydrogen) atoms. The molecule has 0 unspecified atom stereocenters. The second-order valence-corrected chi connectivity index (χ2v) is 6.20. The highest BCUT2D eigenvalue weighted by Crippen LogP contribution is 2.35. The predicted molar refractivity (Wildman–Crippen MR) is 94.8 cm³/mol. The summed E-state index contributed by atoms with van der Waals surface area (Å²) in [6, 6.07) is 10.7. The van der Waals surface area contributed by atoms with Crippen molar-refractivity contribution in [3.05, 3.63) is 58.6 Å². The van der Waals surface area contributed by atoms with Crippen LogP contribution in [-0.2, 0) is 6.54 Å². The normalized spacial score (nSPS) is 13.8. The van der Waals surface area contributed by atoms with Crippen molar-refractivity contribution >= 4 is 10.9 Å². The third kappa shape index (κ3) is 3.21. The minimum atomic E-state index is -0.859. The van der Waals surface area contributed by atoms with Gasteiger partial charge in [-0.3, -0.25) is 9.36 Å². The Labute approximate surface area is 149 Å². The Morgan fingerprint density at radius 1 is 1.23 bits per heavy atom. The average Bonchev–Trinajstić information content (AvgIpc) is 3.10. The number of ether oxygens (including phenoxy) is 3. The van der Waals surface area contributed by atoms with Crippen molar-refractivity contribution in [2.24, 2.45) is 0 Å². The van der Waals surface area contributed by atoms with Gasteiger partial charge in [-0.05, 0) is 31.2 Å². The number of hydrogen-bond acceptors (Lipinski definition) is 6. The third-order valence-corrected chi connectivity index (χ3v) is 4.17. The number of aliphatic hydroxyl groups is 1. The Morgan fingerprint density at radius 2 is 2.08 bits per heavy atom. The summed E-state index contributed by atoms with van der Waals surface area (Å²) in [7, 11) is 0. The van der Waals surface area contributed by atoms with Crippen molar-refractivity contribution in [2.45, 2.75) is 19.6 Å². The van der Waals surface area contributed by atoms with Gasteiger partial charge < -0.3 is 19.3 Å². The summed E-state index contributed by atoms with van der Waals surface area (Å²) in [5.41, 5.74) is 1.45. The molecule has 0 radical (unpaired) electrons. The molecule has 1 atom stereocenters. The molecule has 7 heteroatoms. The predicted octanol–water partition coefficient (Wildman–Crippen LogP) is 1.87. The number of rotatable bonds is 5. The van der Waals surface area contributed by atoms with Crippen molar-refractivity contribution in [1.82, 2.24) is 9.55 Å². The van der Waals surface area contributed by atoms with Crippen LogP contribution in [0.4, 0.5) is 0 Å². The van der Waals surface area contributed by atoms with E-state index in [-0.39, 0.29) is 25.5 Å². The second-order valence-electron chi connectivity index (χ2n) is 6.20. The van der Waals surface area contributed by atoms with E-state index in [1.807, 2.05) is 19.1 Å². The monoisotopic (exact) mass is 354 g/mol. The zero-order valence-corrected chi connectivity index (χ0v) is 14.2. The van der Waals surface area contributed by atoms with Crippen LogP contribution >= 0.6 is 0 Å². The highest BCUT2D eigenvalue weighted by molar-refractivity contribution is 5.77. The molecule has 3 aromatic rings. The molecule has 2 heterocycles. The van der Waals surface area contributed by atoms with Gasteiger partial charge in [0.05, 0.1) is 23.8 Å². The van der Waals surface area contributed by atoms with Crippen LogP contribution in [0.5, 0.6) is 17.2 Å². The van der Waals surface area contributed by atoms with Gasteiger partial charge >= 0.3 is 0 Å². The van der Waals surface area contributed by atoms with Crippen LogP contribution in [0.2, 0.25) is 0 Å². The van der Waals surface area contributed by atoms with Crippen LogP contribution in [0, 0.1) is 6.92 Å². The molecule has 7 nitrogen and oxygen atoms in total. The fraction of sp³-hybridized carbons (Fsp3) is 0.263. The first kappa shape index (κ1) is 16.4.